The van der Waals surface area contributed by atoms with Gasteiger partial charge in [-0.05, 0) is 79.4 Å². The Bertz CT molecular complexity index is 1340. The Labute approximate surface area is 199 Å². The van der Waals surface area contributed by atoms with Crippen molar-refractivity contribution in [3.63, 3.8) is 0 Å². The van der Waals surface area contributed by atoms with Gasteiger partial charge in [0.1, 0.15) is 0 Å². The minimum Gasteiger partial charge on any atom is -0.326 e. The summed E-state index contributed by atoms with van der Waals surface area (Å²) in [6.07, 6.45) is 1.90. The van der Waals surface area contributed by atoms with Crippen molar-refractivity contribution in [2.24, 2.45) is 0 Å². The number of amides is 2. The first-order chi connectivity index (χ1) is 16.3. The van der Waals surface area contributed by atoms with Crippen LogP contribution in [-0.4, -0.2) is 26.8 Å². The Morgan fingerprint density at radius 3 is 2.41 bits per heavy atom. The molecule has 0 unspecified atom stereocenters. The SMILES string of the molecule is CCC(=O)Nc1ccc(S(=O)(=O)Nc2ccc3c(c2)CCCN3C(=O)c2ccccc2)c(C)c1. The first-order valence-corrected chi connectivity index (χ1v) is 12.7. The number of rotatable bonds is 6. The first-order valence-electron chi connectivity index (χ1n) is 11.2. The van der Waals surface area contributed by atoms with Gasteiger partial charge in [0.15, 0.2) is 0 Å². The Hall–Kier alpha value is -3.65. The van der Waals surface area contributed by atoms with Crippen molar-refractivity contribution in [3.8, 4) is 0 Å². The number of aryl methyl sites for hydroxylation is 2. The highest BCUT2D eigenvalue weighted by molar-refractivity contribution is 7.92. The van der Waals surface area contributed by atoms with Crippen molar-refractivity contribution in [2.45, 2.75) is 38.0 Å². The molecule has 0 saturated carbocycles. The Balaban J connectivity index is 1.56. The number of sulfonamides is 1. The van der Waals surface area contributed by atoms with Gasteiger partial charge in [0.05, 0.1) is 4.90 Å². The van der Waals surface area contributed by atoms with Crippen LogP contribution < -0.4 is 14.9 Å². The van der Waals surface area contributed by atoms with E-state index in [4.69, 9.17) is 0 Å². The fraction of sp³-hybridized carbons (Fsp3) is 0.231. The van der Waals surface area contributed by atoms with E-state index in [0.29, 0.717) is 35.5 Å². The standard InChI is InChI=1S/C26H27N3O4S/c1-3-25(30)27-21-12-14-24(18(2)16-21)34(32,33)28-22-11-13-23-20(17-22)10-7-15-29(23)26(31)19-8-5-4-6-9-19/h4-6,8-9,11-14,16-17,28H,3,7,10,15H2,1-2H3,(H,27,30). The van der Waals surface area contributed by atoms with Crippen LogP contribution in [0.15, 0.2) is 71.6 Å². The van der Waals surface area contributed by atoms with Gasteiger partial charge in [-0.25, -0.2) is 8.42 Å². The Morgan fingerprint density at radius 1 is 0.971 bits per heavy atom. The molecule has 0 aromatic heterocycles. The van der Waals surface area contributed by atoms with Crippen LogP contribution in [0.5, 0.6) is 0 Å². The van der Waals surface area contributed by atoms with Crippen LogP contribution in [0.3, 0.4) is 0 Å². The molecule has 2 amide bonds. The van der Waals surface area contributed by atoms with Gasteiger partial charge in [0.25, 0.3) is 15.9 Å². The monoisotopic (exact) mass is 477 g/mol. The van der Waals surface area contributed by atoms with E-state index < -0.39 is 10.0 Å². The number of hydrogen-bond acceptors (Lipinski definition) is 4. The molecule has 3 aromatic carbocycles. The van der Waals surface area contributed by atoms with Crippen molar-refractivity contribution in [3.05, 3.63) is 83.4 Å². The zero-order valence-electron chi connectivity index (χ0n) is 19.2. The highest BCUT2D eigenvalue weighted by Gasteiger charge is 2.25. The minimum absolute atomic E-state index is 0.0687. The molecule has 0 radical (unpaired) electrons. The van der Waals surface area contributed by atoms with Crippen molar-refractivity contribution in [1.29, 1.82) is 0 Å². The number of fused-ring (bicyclic) bond motifs is 1. The molecule has 34 heavy (non-hydrogen) atoms. The van der Waals surface area contributed by atoms with Gasteiger partial charge >= 0.3 is 0 Å². The van der Waals surface area contributed by atoms with Crippen molar-refractivity contribution >= 4 is 38.9 Å². The fourth-order valence-corrected chi connectivity index (χ4v) is 5.37. The maximum atomic E-state index is 13.1. The number of anilines is 3. The molecule has 0 atom stereocenters. The third-order valence-corrected chi connectivity index (χ3v) is 7.33. The summed E-state index contributed by atoms with van der Waals surface area (Å²) in [5.74, 6) is -0.206. The third-order valence-electron chi connectivity index (χ3n) is 5.79. The molecule has 3 aromatic rings. The summed E-state index contributed by atoms with van der Waals surface area (Å²) >= 11 is 0. The van der Waals surface area contributed by atoms with Crippen LogP contribution in [0.25, 0.3) is 0 Å². The molecule has 4 rings (SSSR count). The van der Waals surface area contributed by atoms with E-state index in [0.717, 1.165) is 24.1 Å². The summed E-state index contributed by atoms with van der Waals surface area (Å²) in [6.45, 7) is 4.06. The maximum Gasteiger partial charge on any atom is 0.262 e. The van der Waals surface area contributed by atoms with Gasteiger partial charge in [0.2, 0.25) is 5.91 Å². The summed E-state index contributed by atoms with van der Waals surface area (Å²) < 4.78 is 28.8. The molecule has 176 valence electrons. The molecule has 0 aliphatic carbocycles. The van der Waals surface area contributed by atoms with E-state index >= 15 is 0 Å². The molecule has 0 fully saturated rings. The zero-order chi connectivity index (χ0) is 24.3. The van der Waals surface area contributed by atoms with Crippen LogP contribution in [-0.2, 0) is 21.2 Å². The molecular weight excluding hydrogens is 450 g/mol. The van der Waals surface area contributed by atoms with Gasteiger partial charge in [-0.1, -0.05) is 25.1 Å². The number of hydrogen-bond donors (Lipinski definition) is 2. The van der Waals surface area contributed by atoms with E-state index in [-0.39, 0.29) is 16.7 Å². The van der Waals surface area contributed by atoms with Gasteiger partial charge in [-0.2, -0.15) is 0 Å². The van der Waals surface area contributed by atoms with Crippen molar-refractivity contribution < 1.29 is 18.0 Å². The van der Waals surface area contributed by atoms with Crippen LogP contribution >= 0.6 is 0 Å². The van der Waals surface area contributed by atoms with Crippen LogP contribution in [0.4, 0.5) is 17.1 Å². The summed E-state index contributed by atoms with van der Waals surface area (Å²) in [4.78, 5) is 26.5. The lowest BCUT2D eigenvalue weighted by Gasteiger charge is -2.30. The van der Waals surface area contributed by atoms with Crippen LogP contribution in [0.1, 0.15) is 41.3 Å². The molecule has 7 nitrogen and oxygen atoms in total. The molecule has 2 N–H and O–H groups in total. The van der Waals surface area contributed by atoms with Crippen molar-refractivity contribution in [2.75, 3.05) is 21.5 Å². The largest absolute Gasteiger partial charge is 0.326 e. The minimum atomic E-state index is -3.84. The number of carbonyl (C=O) groups is 2. The lowest BCUT2D eigenvalue weighted by Crippen LogP contribution is -2.35. The second-order valence-corrected chi connectivity index (χ2v) is 9.91. The van der Waals surface area contributed by atoms with E-state index in [1.807, 2.05) is 18.2 Å². The van der Waals surface area contributed by atoms with E-state index in [1.165, 1.54) is 6.07 Å². The molecular formula is C26H27N3O4S. The maximum absolute atomic E-state index is 13.1. The van der Waals surface area contributed by atoms with E-state index in [2.05, 4.69) is 10.0 Å². The Morgan fingerprint density at radius 2 is 1.71 bits per heavy atom. The Kier molecular flexibility index (Phi) is 6.70. The number of nitrogens with one attached hydrogen (secondary N) is 2. The molecule has 1 heterocycles. The second-order valence-electron chi connectivity index (χ2n) is 8.26. The van der Waals surface area contributed by atoms with Crippen LogP contribution in [0.2, 0.25) is 0 Å². The van der Waals surface area contributed by atoms with Crippen LogP contribution in [0, 0.1) is 6.92 Å². The second kappa shape index (κ2) is 9.69. The topological polar surface area (TPSA) is 95.6 Å². The third kappa shape index (κ3) is 4.97. The molecule has 8 heteroatoms. The summed E-state index contributed by atoms with van der Waals surface area (Å²) in [5.41, 5.74) is 3.87. The average Bonchev–Trinajstić information content (AvgIpc) is 2.83. The molecule has 0 saturated heterocycles. The van der Waals surface area contributed by atoms with E-state index in [9.17, 15) is 18.0 Å². The highest BCUT2D eigenvalue weighted by Crippen LogP contribution is 2.32. The summed E-state index contributed by atoms with van der Waals surface area (Å²) in [6, 6.07) is 19.1. The van der Waals surface area contributed by atoms with Gasteiger partial charge in [-0.3, -0.25) is 14.3 Å². The van der Waals surface area contributed by atoms with E-state index in [1.54, 1.807) is 61.2 Å². The predicted molar refractivity (Wildman–Crippen MR) is 134 cm³/mol. The lowest BCUT2D eigenvalue weighted by molar-refractivity contribution is -0.115. The lowest BCUT2D eigenvalue weighted by atomic mass is 10.00. The number of benzene rings is 3. The quantitative estimate of drug-likeness (QED) is 0.536. The molecule has 0 spiro atoms. The molecule has 1 aliphatic rings. The zero-order valence-corrected chi connectivity index (χ0v) is 20.0. The molecule has 1 aliphatic heterocycles. The smallest absolute Gasteiger partial charge is 0.262 e. The van der Waals surface area contributed by atoms with Gasteiger partial charge in [-0.15, -0.1) is 0 Å². The number of nitrogens with zero attached hydrogens (tertiary/aromatic N) is 1. The summed E-state index contributed by atoms with van der Waals surface area (Å²) in [7, 11) is -3.84. The fourth-order valence-electron chi connectivity index (χ4n) is 4.10. The summed E-state index contributed by atoms with van der Waals surface area (Å²) in [5, 5.41) is 2.73. The average molecular weight is 478 g/mol. The highest BCUT2D eigenvalue weighted by atomic mass is 32.2. The predicted octanol–water partition coefficient (Wildman–Crippen LogP) is 4.74. The van der Waals surface area contributed by atoms with Gasteiger partial charge < -0.3 is 10.2 Å². The first kappa shape index (κ1) is 23.5. The van der Waals surface area contributed by atoms with Gasteiger partial charge in [0, 0.05) is 35.6 Å². The van der Waals surface area contributed by atoms with Crippen molar-refractivity contribution in [1.82, 2.24) is 0 Å². The molecule has 0 bridgehead atoms. The normalized spacial score (nSPS) is 13.2. The number of carbonyl (C=O) groups excluding carboxylic acids is 2.